The van der Waals surface area contributed by atoms with Gasteiger partial charge in [-0.05, 0) is 45.1 Å². The molecule has 4 N–H and O–H groups in total. The number of pyridine rings is 2. The van der Waals surface area contributed by atoms with Gasteiger partial charge in [-0.1, -0.05) is 6.42 Å². The molecule has 3 aliphatic rings. The normalized spacial score (nSPS) is 29.5. The van der Waals surface area contributed by atoms with Crippen LogP contribution in [0.3, 0.4) is 0 Å². The van der Waals surface area contributed by atoms with Crippen LogP contribution in [0.25, 0.3) is 10.9 Å². The second-order valence-electron chi connectivity index (χ2n) is 9.62. The maximum atomic E-state index is 9.07. The zero-order valence-electron chi connectivity index (χ0n) is 19.5. The average molecular weight is 451 g/mol. The lowest BCUT2D eigenvalue weighted by molar-refractivity contribution is 0.0370. The number of methoxy groups -OCH3 is 1. The number of hydrogen-bond donors (Lipinski definition) is 4. The summed E-state index contributed by atoms with van der Waals surface area (Å²) < 4.78 is 5.44. The highest BCUT2D eigenvalue weighted by Crippen LogP contribution is 2.36. The number of fused-ring (bicyclic) bond motifs is 3. The van der Waals surface area contributed by atoms with E-state index in [0.29, 0.717) is 30.6 Å². The van der Waals surface area contributed by atoms with Gasteiger partial charge >= 0.3 is 0 Å². The van der Waals surface area contributed by atoms with Crippen LogP contribution in [0, 0.1) is 11.3 Å². The van der Waals surface area contributed by atoms with Gasteiger partial charge in [0.25, 0.3) is 0 Å². The molecular formula is C24H34N8O. The molecule has 176 valence electrons. The quantitative estimate of drug-likeness (QED) is 0.506. The first-order chi connectivity index (χ1) is 16.1. The summed E-state index contributed by atoms with van der Waals surface area (Å²) in [5, 5.41) is 17.3. The Labute approximate surface area is 195 Å². The molecule has 2 aromatic rings. The van der Waals surface area contributed by atoms with Crippen molar-refractivity contribution in [3.8, 4) is 11.8 Å². The number of piperidine rings is 2. The third-order valence-corrected chi connectivity index (χ3v) is 7.25. The molecule has 3 aliphatic heterocycles. The molecule has 3 unspecified atom stereocenters. The molecule has 0 spiro atoms. The Morgan fingerprint density at radius 2 is 2.00 bits per heavy atom. The van der Waals surface area contributed by atoms with Crippen molar-refractivity contribution in [2.75, 3.05) is 24.3 Å². The van der Waals surface area contributed by atoms with Gasteiger partial charge in [0, 0.05) is 48.6 Å². The Hall–Kier alpha value is -2.67. The van der Waals surface area contributed by atoms with Crippen LogP contribution in [-0.2, 0) is 0 Å². The molecule has 0 saturated carbocycles. The predicted octanol–water partition coefficient (Wildman–Crippen LogP) is 2.97. The van der Waals surface area contributed by atoms with E-state index in [0.717, 1.165) is 54.1 Å². The van der Waals surface area contributed by atoms with Crippen molar-refractivity contribution < 1.29 is 4.74 Å². The summed E-state index contributed by atoms with van der Waals surface area (Å²) in [7, 11) is 1.66. The number of rotatable bonds is 7. The third kappa shape index (κ3) is 4.83. The van der Waals surface area contributed by atoms with Crippen LogP contribution in [0.15, 0.2) is 18.3 Å². The molecule has 3 fully saturated rings. The lowest BCUT2D eigenvalue weighted by Gasteiger charge is -2.49. The lowest BCUT2D eigenvalue weighted by atomic mass is 9.81. The summed E-state index contributed by atoms with van der Waals surface area (Å²) in [5.74, 6) is 2.39. The highest BCUT2D eigenvalue weighted by atomic mass is 16.5. The molecule has 0 aliphatic carbocycles. The van der Waals surface area contributed by atoms with Gasteiger partial charge in [-0.25, -0.2) is 10.4 Å². The second kappa shape index (κ2) is 9.67. The number of nitriles is 1. The van der Waals surface area contributed by atoms with Crippen molar-refractivity contribution in [3.05, 3.63) is 18.3 Å². The van der Waals surface area contributed by atoms with Crippen molar-refractivity contribution in [2.45, 2.75) is 82.2 Å². The lowest BCUT2D eigenvalue weighted by Crippen LogP contribution is -2.55. The average Bonchev–Trinajstić information content (AvgIpc) is 3.21. The van der Waals surface area contributed by atoms with E-state index in [1.165, 1.54) is 19.3 Å². The highest BCUT2D eigenvalue weighted by molar-refractivity contribution is 5.92. The van der Waals surface area contributed by atoms with Crippen LogP contribution in [-0.4, -0.2) is 58.9 Å². The summed E-state index contributed by atoms with van der Waals surface area (Å²) in [6.45, 7) is 3.05. The maximum Gasteiger partial charge on any atom is 0.138 e. The van der Waals surface area contributed by atoms with Crippen molar-refractivity contribution in [1.82, 2.24) is 25.7 Å². The molecule has 33 heavy (non-hydrogen) atoms. The fourth-order valence-corrected chi connectivity index (χ4v) is 5.72. The van der Waals surface area contributed by atoms with Crippen molar-refractivity contribution in [1.29, 1.82) is 5.26 Å². The highest BCUT2D eigenvalue weighted by Gasteiger charge is 2.38. The van der Waals surface area contributed by atoms with Crippen LogP contribution in [0.5, 0.6) is 5.75 Å². The molecule has 0 radical (unpaired) electrons. The van der Waals surface area contributed by atoms with Crippen LogP contribution in [0.1, 0.15) is 51.9 Å². The third-order valence-electron chi connectivity index (χ3n) is 7.25. The number of nitrogens with one attached hydrogen (secondary N) is 4. The van der Waals surface area contributed by atoms with Crippen LogP contribution in [0.2, 0.25) is 0 Å². The standard InChI is InChI=1S/C24H34N8O/c1-15-9-23(31-30-15)28-22-13-21-20(12-19(33-2)14-26-21)24(29-22)27-16-10-17-5-3-6-18(11-16)32(17)8-4-7-25/h12-18,23,30-31H,3-6,8-11H2,1-2H3,(H2,27,28,29)/t15?,16?,17-,18+,23?. The van der Waals surface area contributed by atoms with Gasteiger partial charge in [0.15, 0.2) is 0 Å². The fraction of sp³-hybridized carbons (Fsp3) is 0.625. The smallest absolute Gasteiger partial charge is 0.138 e. The molecule has 0 amide bonds. The number of aromatic nitrogens is 2. The minimum Gasteiger partial charge on any atom is -0.495 e. The Bertz CT molecular complexity index is 1010. The Balaban J connectivity index is 1.39. The molecule has 5 atom stereocenters. The molecular weight excluding hydrogens is 416 g/mol. The molecule has 0 aromatic carbocycles. The summed E-state index contributed by atoms with van der Waals surface area (Å²) in [6.07, 6.45) is 9.32. The Morgan fingerprint density at radius 3 is 2.70 bits per heavy atom. The van der Waals surface area contributed by atoms with Crippen LogP contribution >= 0.6 is 0 Å². The number of hydrazine groups is 1. The van der Waals surface area contributed by atoms with Crippen molar-refractivity contribution in [2.24, 2.45) is 0 Å². The first-order valence-corrected chi connectivity index (χ1v) is 12.1. The van der Waals surface area contributed by atoms with Crippen LogP contribution in [0.4, 0.5) is 11.6 Å². The maximum absolute atomic E-state index is 9.07. The van der Waals surface area contributed by atoms with Gasteiger partial charge < -0.3 is 15.4 Å². The largest absolute Gasteiger partial charge is 0.495 e. The van der Waals surface area contributed by atoms with Gasteiger partial charge in [0.2, 0.25) is 0 Å². The van der Waals surface area contributed by atoms with Gasteiger partial charge in [0.05, 0.1) is 31.1 Å². The van der Waals surface area contributed by atoms with Crippen molar-refractivity contribution in [3.63, 3.8) is 0 Å². The molecule has 9 nitrogen and oxygen atoms in total. The van der Waals surface area contributed by atoms with Crippen molar-refractivity contribution >= 4 is 22.5 Å². The molecule has 3 saturated heterocycles. The van der Waals surface area contributed by atoms with E-state index in [1.807, 2.05) is 12.1 Å². The Kier molecular flexibility index (Phi) is 6.49. The summed E-state index contributed by atoms with van der Waals surface area (Å²) >= 11 is 0. The van der Waals surface area contributed by atoms with E-state index in [2.05, 4.69) is 44.4 Å². The van der Waals surface area contributed by atoms with Gasteiger partial charge in [0.1, 0.15) is 17.4 Å². The minimum atomic E-state index is 0.124. The Morgan fingerprint density at radius 1 is 1.18 bits per heavy atom. The summed E-state index contributed by atoms with van der Waals surface area (Å²) in [4.78, 5) is 12.2. The first-order valence-electron chi connectivity index (χ1n) is 12.1. The zero-order chi connectivity index (χ0) is 22.8. The molecule has 5 rings (SSSR count). The van der Waals surface area contributed by atoms with Crippen LogP contribution < -0.4 is 26.2 Å². The van der Waals surface area contributed by atoms with Gasteiger partial charge in [-0.15, -0.1) is 0 Å². The van der Waals surface area contributed by atoms with E-state index in [4.69, 9.17) is 15.0 Å². The minimum absolute atomic E-state index is 0.124. The van der Waals surface area contributed by atoms with E-state index >= 15 is 0 Å². The topological polar surface area (TPSA) is 110 Å². The van der Waals surface area contributed by atoms with Gasteiger partial charge in [-0.3, -0.25) is 15.3 Å². The zero-order valence-corrected chi connectivity index (χ0v) is 19.5. The summed E-state index contributed by atoms with van der Waals surface area (Å²) in [5.41, 5.74) is 7.42. The number of ether oxygens (including phenoxy) is 1. The van der Waals surface area contributed by atoms with E-state index in [1.54, 1.807) is 13.3 Å². The van der Waals surface area contributed by atoms with E-state index in [-0.39, 0.29) is 6.17 Å². The fourth-order valence-electron chi connectivity index (χ4n) is 5.72. The number of nitrogens with zero attached hydrogens (tertiary/aromatic N) is 4. The second-order valence-corrected chi connectivity index (χ2v) is 9.62. The molecule has 2 bridgehead atoms. The summed E-state index contributed by atoms with van der Waals surface area (Å²) in [6, 6.07) is 8.18. The predicted molar refractivity (Wildman–Crippen MR) is 129 cm³/mol. The van der Waals surface area contributed by atoms with E-state index < -0.39 is 0 Å². The monoisotopic (exact) mass is 450 g/mol. The number of hydrogen-bond acceptors (Lipinski definition) is 9. The molecule has 5 heterocycles. The first kappa shape index (κ1) is 22.1. The molecule has 2 aromatic heterocycles. The number of anilines is 2. The SMILES string of the molecule is COc1cnc2cc(NC3CC(C)NN3)nc(NC3C[C@H]4CCC[C@@H](C3)N4CCC#N)c2c1. The molecule has 9 heteroatoms. The van der Waals surface area contributed by atoms with E-state index in [9.17, 15) is 0 Å². The van der Waals surface area contributed by atoms with Gasteiger partial charge in [-0.2, -0.15) is 5.26 Å².